The van der Waals surface area contributed by atoms with Crippen LogP contribution in [0.1, 0.15) is 0 Å². The Labute approximate surface area is 64.8 Å². The van der Waals surface area contributed by atoms with Crippen LogP contribution in [-0.4, -0.2) is 5.97 Å². The van der Waals surface area contributed by atoms with Crippen molar-refractivity contribution in [2.75, 3.05) is 0 Å². The minimum absolute atomic E-state index is 0.468. The average Bonchev–Trinajstić information content (AvgIpc) is 2.06. The largest absolute Gasteiger partial charge is 0.417 e. The summed E-state index contributed by atoms with van der Waals surface area (Å²) in [6.07, 6.45) is 4.80. The summed E-state index contributed by atoms with van der Waals surface area (Å²) in [6.45, 7) is 0. The van der Waals surface area contributed by atoms with E-state index >= 15 is 0 Å². The maximum Gasteiger partial charge on any atom is 0.389 e. The van der Waals surface area contributed by atoms with Gasteiger partial charge in [-0.05, 0) is 12.1 Å². The zero-order valence-corrected chi connectivity index (χ0v) is 5.78. The first-order valence-electron chi connectivity index (χ1n) is 3.06. The van der Waals surface area contributed by atoms with E-state index in [4.69, 9.17) is 6.42 Å². The number of hydrogen-bond donors (Lipinski definition) is 0. The molecule has 0 heterocycles. The lowest BCUT2D eigenvalue weighted by molar-refractivity contribution is -0.128. The molecule has 2 nitrogen and oxygen atoms in total. The fourth-order valence-electron chi connectivity index (χ4n) is 0.625. The highest BCUT2D eigenvalue weighted by atomic mass is 16.5. The summed E-state index contributed by atoms with van der Waals surface area (Å²) in [7, 11) is 0. The molecule has 1 aromatic carbocycles. The van der Waals surface area contributed by atoms with Crippen molar-refractivity contribution in [3.8, 4) is 18.1 Å². The van der Waals surface area contributed by atoms with Crippen molar-refractivity contribution >= 4 is 5.97 Å². The number of carbonyl (C=O) groups excluding carboxylic acids is 1. The SMILES string of the molecule is C#CC(=O)Oc1ccccc1. The van der Waals surface area contributed by atoms with Gasteiger partial charge in [-0.1, -0.05) is 18.2 Å². The van der Waals surface area contributed by atoms with Gasteiger partial charge in [-0.2, -0.15) is 0 Å². The maximum atomic E-state index is 10.5. The summed E-state index contributed by atoms with van der Waals surface area (Å²) in [6, 6.07) is 8.68. The van der Waals surface area contributed by atoms with Crippen molar-refractivity contribution in [2.45, 2.75) is 0 Å². The first-order valence-corrected chi connectivity index (χ1v) is 3.06. The number of para-hydroxylation sites is 1. The molecule has 0 radical (unpaired) electrons. The van der Waals surface area contributed by atoms with Gasteiger partial charge in [0.2, 0.25) is 0 Å². The van der Waals surface area contributed by atoms with Crippen molar-refractivity contribution < 1.29 is 9.53 Å². The molecule has 0 aromatic heterocycles. The zero-order chi connectivity index (χ0) is 8.10. The second-order valence-corrected chi connectivity index (χ2v) is 1.85. The van der Waals surface area contributed by atoms with E-state index in [1.54, 1.807) is 24.3 Å². The Bertz CT molecular complexity index is 282. The highest BCUT2D eigenvalue weighted by molar-refractivity contribution is 5.89. The van der Waals surface area contributed by atoms with E-state index in [1.807, 2.05) is 12.0 Å². The molecule has 0 saturated carbocycles. The first-order chi connectivity index (χ1) is 5.33. The van der Waals surface area contributed by atoms with E-state index in [0.717, 1.165) is 0 Å². The Kier molecular flexibility index (Phi) is 2.29. The Morgan fingerprint density at radius 3 is 2.55 bits per heavy atom. The molecule has 0 aliphatic carbocycles. The van der Waals surface area contributed by atoms with Gasteiger partial charge in [0.25, 0.3) is 0 Å². The van der Waals surface area contributed by atoms with Gasteiger partial charge in [0.1, 0.15) is 5.75 Å². The lowest BCUT2D eigenvalue weighted by Crippen LogP contribution is -2.03. The third-order valence-electron chi connectivity index (χ3n) is 1.07. The molecule has 0 amide bonds. The van der Waals surface area contributed by atoms with Crippen LogP contribution < -0.4 is 4.74 Å². The molecule has 0 aliphatic heterocycles. The number of benzene rings is 1. The minimum atomic E-state index is -0.670. The van der Waals surface area contributed by atoms with Gasteiger partial charge in [-0.15, -0.1) is 6.42 Å². The monoisotopic (exact) mass is 146 g/mol. The second kappa shape index (κ2) is 3.43. The van der Waals surface area contributed by atoms with Crippen LogP contribution in [0.4, 0.5) is 0 Å². The van der Waals surface area contributed by atoms with E-state index in [9.17, 15) is 4.79 Å². The molecule has 0 aliphatic rings. The third kappa shape index (κ3) is 2.15. The number of ether oxygens (including phenoxy) is 1. The van der Waals surface area contributed by atoms with Crippen LogP contribution in [0.15, 0.2) is 30.3 Å². The van der Waals surface area contributed by atoms with E-state index in [-0.39, 0.29) is 0 Å². The molecular weight excluding hydrogens is 140 g/mol. The van der Waals surface area contributed by atoms with Gasteiger partial charge >= 0.3 is 5.97 Å². The molecule has 0 unspecified atom stereocenters. The molecule has 0 saturated heterocycles. The second-order valence-electron chi connectivity index (χ2n) is 1.85. The fourth-order valence-corrected chi connectivity index (χ4v) is 0.625. The van der Waals surface area contributed by atoms with Gasteiger partial charge in [0.15, 0.2) is 0 Å². The fraction of sp³-hybridized carbons (Fsp3) is 0. The molecule has 54 valence electrons. The lowest BCUT2D eigenvalue weighted by Gasteiger charge is -1.96. The van der Waals surface area contributed by atoms with Gasteiger partial charge in [0, 0.05) is 5.92 Å². The van der Waals surface area contributed by atoms with Gasteiger partial charge in [-0.3, -0.25) is 0 Å². The molecular formula is C9H6O2. The Hall–Kier alpha value is -1.75. The molecule has 0 spiro atoms. The number of carbonyl (C=O) groups is 1. The number of esters is 1. The van der Waals surface area contributed by atoms with Crippen LogP contribution >= 0.6 is 0 Å². The summed E-state index contributed by atoms with van der Waals surface area (Å²) in [5.74, 6) is 1.65. The van der Waals surface area contributed by atoms with Crippen molar-refractivity contribution in [2.24, 2.45) is 0 Å². The van der Waals surface area contributed by atoms with Crippen LogP contribution in [0, 0.1) is 12.3 Å². The summed E-state index contributed by atoms with van der Waals surface area (Å²) in [5, 5.41) is 0. The van der Waals surface area contributed by atoms with Gasteiger partial charge in [-0.25, -0.2) is 4.79 Å². The zero-order valence-electron chi connectivity index (χ0n) is 5.78. The summed E-state index contributed by atoms with van der Waals surface area (Å²) >= 11 is 0. The smallest absolute Gasteiger partial charge is 0.389 e. The third-order valence-corrected chi connectivity index (χ3v) is 1.07. The van der Waals surface area contributed by atoms with Crippen molar-refractivity contribution in [3.63, 3.8) is 0 Å². The molecule has 11 heavy (non-hydrogen) atoms. The normalized spacial score (nSPS) is 8.27. The Balaban J connectivity index is 2.67. The molecule has 0 fully saturated rings. The average molecular weight is 146 g/mol. The molecule has 1 aromatic rings. The molecule has 0 N–H and O–H groups in total. The molecule has 0 bridgehead atoms. The number of rotatable bonds is 1. The quantitative estimate of drug-likeness (QED) is 0.258. The van der Waals surface area contributed by atoms with E-state index in [2.05, 4.69) is 4.74 Å². The van der Waals surface area contributed by atoms with E-state index in [0.29, 0.717) is 5.75 Å². The van der Waals surface area contributed by atoms with Gasteiger partial charge < -0.3 is 4.74 Å². The summed E-state index contributed by atoms with van der Waals surface area (Å²) < 4.78 is 4.69. The predicted octanol–water partition coefficient (Wildman–Crippen LogP) is 1.23. The molecule has 0 atom stereocenters. The number of terminal acetylenes is 1. The Morgan fingerprint density at radius 2 is 2.00 bits per heavy atom. The minimum Gasteiger partial charge on any atom is -0.417 e. The van der Waals surface area contributed by atoms with Crippen molar-refractivity contribution in [3.05, 3.63) is 30.3 Å². The highest BCUT2D eigenvalue weighted by Gasteiger charge is 1.96. The summed E-state index contributed by atoms with van der Waals surface area (Å²) in [5.41, 5.74) is 0. The van der Waals surface area contributed by atoms with Gasteiger partial charge in [0.05, 0.1) is 0 Å². The predicted molar refractivity (Wildman–Crippen MR) is 40.9 cm³/mol. The molecule has 2 heteroatoms. The van der Waals surface area contributed by atoms with E-state index in [1.165, 1.54) is 0 Å². The van der Waals surface area contributed by atoms with Crippen LogP contribution in [0.2, 0.25) is 0 Å². The van der Waals surface area contributed by atoms with Crippen LogP contribution in [0.5, 0.6) is 5.75 Å². The Morgan fingerprint density at radius 1 is 1.36 bits per heavy atom. The first kappa shape index (κ1) is 7.36. The van der Waals surface area contributed by atoms with Crippen LogP contribution in [0.25, 0.3) is 0 Å². The highest BCUT2D eigenvalue weighted by Crippen LogP contribution is 2.07. The van der Waals surface area contributed by atoms with Crippen LogP contribution in [-0.2, 0) is 4.79 Å². The topological polar surface area (TPSA) is 26.3 Å². The lowest BCUT2D eigenvalue weighted by atomic mass is 10.3. The number of hydrogen-bond acceptors (Lipinski definition) is 2. The van der Waals surface area contributed by atoms with E-state index < -0.39 is 5.97 Å². The summed E-state index contributed by atoms with van der Waals surface area (Å²) in [4.78, 5) is 10.5. The van der Waals surface area contributed by atoms with Crippen molar-refractivity contribution in [1.29, 1.82) is 0 Å². The van der Waals surface area contributed by atoms with Crippen molar-refractivity contribution in [1.82, 2.24) is 0 Å². The van der Waals surface area contributed by atoms with Crippen LogP contribution in [0.3, 0.4) is 0 Å². The maximum absolute atomic E-state index is 10.5. The standard InChI is InChI=1S/C9H6O2/c1-2-9(10)11-8-6-4-3-5-7-8/h1,3-7H. The molecule has 1 rings (SSSR count).